The minimum atomic E-state index is 0.498. The molecule has 0 saturated carbocycles. The Labute approximate surface area is 130 Å². The number of rotatable bonds is 6. The van der Waals surface area contributed by atoms with Crippen molar-refractivity contribution < 1.29 is 0 Å². The van der Waals surface area contributed by atoms with E-state index in [9.17, 15) is 0 Å². The molecule has 1 aromatic rings. The first-order valence-electron chi connectivity index (χ1n) is 8.64. The quantitative estimate of drug-likeness (QED) is 0.793. The molecule has 0 aliphatic carbocycles. The number of nitrogens with one attached hydrogen (secondary N) is 1. The molecule has 4 unspecified atom stereocenters. The summed E-state index contributed by atoms with van der Waals surface area (Å²) in [6, 6.07) is 12.2. The van der Waals surface area contributed by atoms with E-state index in [0.29, 0.717) is 12.1 Å². The largest absolute Gasteiger partial charge is 0.315 e. The zero-order chi connectivity index (χ0) is 15.2. The molecule has 0 aromatic heterocycles. The Morgan fingerprint density at radius 1 is 1.19 bits per heavy atom. The van der Waals surface area contributed by atoms with Crippen LogP contribution < -0.4 is 5.32 Å². The zero-order valence-electron chi connectivity index (χ0n) is 14.2. The van der Waals surface area contributed by atoms with E-state index in [1.54, 1.807) is 0 Å². The van der Waals surface area contributed by atoms with Crippen molar-refractivity contribution in [2.45, 2.75) is 52.6 Å². The van der Waals surface area contributed by atoms with Gasteiger partial charge in [-0.1, -0.05) is 51.1 Å². The van der Waals surface area contributed by atoms with E-state index in [2.05, 4.69) is 68.2 Å². The molecule has 0 radical (unpaired) electrons. The summed E-state index contributed by atoms with van der Waals surface area (Å²) in [6.07, 6.45) is 2.56. The number of benzene rings is 1. The Morgan fingerprint density at radius 3 is 2.57 bits per heavy atom. The first-order valence-corrected chi connectivity index (χ1v) is 8.64. The molecule has 1 saturated heterocycles. The van der Waals surface area contributed by atoms with Crippen LogP contribution >= 0.6 is 0 Å². The maximum Gasteiger partial charge on any atom is 0.0475 e. The van der Waals surface area contributed by atoms with E-state index in [-0.39, 0.29) is 0 Å². The lowest BCUT2D eigenvalue weighted by atomic mass is 9.84. The second kappa shape index (κ2) is 7.95. The molecular formula is C19H32N2. The molecular weight excluding hydrogens is 256 g/mol. The summed E-state index contributed by atoms with van der Waals surface area (Å²) >= 11 is 0. The van der Waals surface area contributed by atoms with Gasteiger partial charge in [-0.25, -0.2) is 0 Å². The highest BCUT2D eigenvalue weighted by atomic mass is 15.2. The van der Waals surface area contributed by atoms with Crippen LogP contribution in [0.5, 0.6) is 0 Å². The number of hydrogen-bond acceptors (Lipinski definition) is 2. The van der Waals surface area contributed by atoms with E-state index in [1.807, 2.05) is 0 Å². The van der Waals surface area contributed by atoms with Gasteiger partial charge in [-0.3, -0.25) is 4.90 Å². The van der Waals surface area contributed by atoms with Crippen LogP contribution in [0.3, 0.4) is 0 Å². The molecule has 21 heavy (non-hydrogen) atoms. The average Bonchev–Trinajstić information content (AvgIpc) is 2.49. The Balaban J connectivity index is 2.17. The summed E-state index contributed by atoms with van der Waals surface area (Å²) in [6.45, 7) is 12.8. The summed E-state index contributed by atoms with van der Waals surface area (Å²) in [5.74, 6) is 1.58. The molecule has 1 aliphatic rings. The van der Waals surface area contributed by atoms with Crippen molar-refractivity contribution in [3.8, 4) is 0 Å². The highest BCUT2D eigenvalue weighted by Crippen LogP contribution is 2.33. The van der Waals surface area contributed by atoms with Crippen molar-refractivity contribution in [2.75, 3.05) is 19.6 Å². The molecule has 1 aromatic carbocycles. The molecule has 1 N–H and O–H groups in total. The van der Waals surface area contributed by atoms with Gasteiger partial charge in [-0.05, 0) is 43.7 Å². The first kappa shape index (κ1) is 16.5. The predicted octanol–water partition coefficient (Wildman–Crippen LogP) is 4.09. The maximum atomic E-state index is 3.64. The van der Waals surface area contributed by atoms with Crippen molar-refractivity contribution in [1.82, 2.24) is 10.2 Å². The van der Waals surface area contributed by atoms with Crippen LogP contribution in [-0.4, -0.2) is 30.6 Å². The van der Waals surface area contributed by atoms with Gasteiger partial charge in [0.15, 0.2) is 0 Å². The van der Waals surface area contributed by atoms with Crippen LogP contribution in [0.1, 0.15) is 52.1 Å². The van der Waals surface area contributed by atoms with Crippen LogP contribution in [0.2, 0.25) is 0 Å². The van der Waals surface area contributed by atoms with Gasteiger partial charge in [-0.15, -0.1) is 0 Å². The average molecular weight is 288 g/mol. The molecule has 0 bridgehead atoms. The molecule has 0 amide bonds. The lowest BCUT2D eigenvalue weighted by molar-refractivity contribution is 0.0393. The highest BCUT2D eigenvalue weighted by molar-refractivity contribution is 5.20. The molecule has 1 heterocycles. The van der Waals surface area contributed by atoms with Gasteiger partial charge in [0, 0.05) is 25.2 Å². The fourth-order valence-electron chi connectivity index (χ4n) is 3.69. The number of likely N-dealkylation sites (tertiary alicyclic amines) is 1. The third kappa shape index (κ3) is 4.31. The molecule has 118 valence electrons. The Hall–Kier alpha value is -0.860. The second-order valence-electron chi connectivity index (χ2n) is 6.89. The van der Waals surface area contributed by atoms with E-state index in [4.69, 9.17) is 0 Å². The third-order valence-corrected chi connectivity index (χ3v) is 4.99. The lowest BCUT2D eigenvalue weighted by Gasteiger charge is -2.45. The fourth-order valence-corrected chi connectivity index (χ4v) is 3.69. The van der Waals surface area contributed by atoms with Gasteiger partial charge in [0.2, 0.25) is 0 Å². The van der Waals surface area contributed by atoms with Crippen LogP contribution in [0.4, 0.5) is 0 Å². The van der Waals surface area contributed by atoms with Gasteiger partial charge >= 0.3 is 0 Å². The summed E-state index contributed by atoms with van der Waals surface area (Å²) in [5.41, 5.74) is 1.45. The number of nitrogens with zero attached hydrogens (tertiary/aromatic N) is 1. The number of piperidine rings is 1. The smallest absolute Gasteiger partial charge is 0.0475 e. The normalized spacial score (nSPS) is 28.5. The topological polar surface area (TPSA) is 15.3 Å². The van der Waals surface area contributed by atoms with Crippen LogP contribution in [0.15, 0.2) is 30.3 Å². The third-order valence-electron chi connectivity index (χ3n) is 4.99. The Morgan fingerprint density at radius 2 is 1.90 bits per heavy atom. The van der Waals surface area contributed by atoms with Crippen LogP contribution in [0, 0.1) is 11.8 Å². The molecule has 2 rings (SSSR count). The SMILES string of the molecule is CCCNCC(c1ccccc1)N1CC(C)CC(C)C1C. The highest BCUT2D eigenvalue weighted by Gasteiger charge is 2.33. The van der Waals surface area contributed by atoms with Gasteiger partial charge < -0.3 is 5.32 Å². The Kier molecular flexibility index (Phi) is 6.25. The summed E-state index contributed by atoms with van der Waals surface area (Å²) < 4.78 is 0. The van der Waals surface area contributed by atoms with Crippen LogP contribution in [-0.2, 0) is 0 Å². The molecule has 4 atom stereocenters. The minimum Gasteiger partial charge on any atom is -0.315 e. The fraction of sp³-hybridized carbons (Fsp3) is 0.684. The number of hydrogen-bond donors (Lipinski definition) is 1. The summed E-state index contributed by atoms with van der Waals surface area (Å²) in [4.78, 5) is 2.73. The molecule has 0 spiro atoms. The Bertz CT molecular complexity index is 403. The molecule has 2 nitrogen and oxygen atoms in total. The molecule has 1 aliphatic heterocycles. The molecule has 2 heteroatoms. The van der Waals surface area contributed by atoms with Crippen molar-refractivity contribution in [3.63, 3.8) is 0 Å². The molecule has 1 fully saturated rings. The van der Waals surface area contributed by atoms with Crippen molar-refractivity contribution in [1.29, 1.82) is 0 Å². The van der Waals surface area contributed by atoms with E-state index in [0.717, 1.165) is 24.9 Å². The van der Waals surface area contributed by atoms with Crippen molar-refractivity contribution >= 4 is 0 Å². The van der Waals surface area contributed by atoms with E-state index in [1.165, 1.54) is 24.9 Å². The van der Waals surface area contributed by atoms with E-state index < -0.39 is 0 Å². The van der Waals surface area contributed by atoms with Crippen molar-refractivity contribution in [2.24, 2.45) is 11.8 Å². The standard InChI is InChI=1S/C19H32N2/c1-5-11-20-13-19(18-9-7-6-8-10-18)21-14-15(2)12-16(3)17(21)4/h6-10,15-17,19-20H,5,11-14H2,1-4H3. The van der Waals surface area contributed by atoms with Gasteiger partial charge in [0.05, 0.1) is 0 Å². The van der Waals surface area contributed by atoms with Gasteiger partial charge in [-0.2, -0.15) is 0 Å². The van der Waals surface area contributed by atoms with Crippen molar-refractivity contribution in [3.05, 3.63) is 35.9 Å². The lowest BCUT2D eigenvalue weighted by Crippen LogP contribution is -2.49. The predicted molar refractivity (Wildman–Crippen MR) is 91.5 cm³/mol. The summed E-state index contributed by atoms with van der Waals surface area (Å²) in [5, 5.41) is 3.64. The van der Waals surface area contributed by atoms with Gasteiger partial charge in [0.25, 0.3) is 0 Å². The maximum absolute atomic E-state index is 3.64. The zero-order valence-corrected chi connectivity index (χ0v) is 14.2. The minimum absolute atomic E-state index is 0.498. The monoisotopic (exact) mass is 288 g/mol. The van der Waals surface area contributed by atoms with Crippen LogP contribution in [0.25, 0.3) is 0 Å². The first-order chi connectivity index (χ1) is 10.1. The van der Waals surface area contributed by atoms with E-state index >= 15 is 0 Å². The second-order valence-corrected chi connectivity index (χ2v) is 6.89. The summed E-state index contributed by atoms with van der Waals surface area (Å²) in [7, 11) is 0. The van der Waals surface area contributed by atoms with Gasteiger partial charge in [0.1, 0.15) is 0 Å².